The van der Waals surface area contributed by atoms with Gasteiger partial charge in [0.2, 0.25) is 5.89 Å². The van der Waals surface area contributed by atoms with Gasteiger partial charge < -0.3 is 14.2 Å². The lowest BCUT2D eigenvalue weighted by Gasteiger charge is -2.37. The molecular weight excluding hydrogens is 280 g/mol. The molecule has 0 N–H and O–H groups in total. The Morgan fingerprint density at radius 3 is 2.55 bits per heavy atom. The molecule has 6 heteroatoms. The van der Waals surface area contributed by atoms with Gasteiger partial charge >= 0.3 is 0 Å². The Hall–Kier alpha value is -0.980. The molecule has 2 saturated heterocycles. The standard InChI is InChI=1S/C16H28N4O2/c1-12(2)15-17-16(22-18-15)13(3)20-7-5-19(6-8-20)10-14-4-9-21-11-14/h12-14H,4-11H2,1-3H3. The first-order valence-electron chi connectivity index (χ1n) is 8.51. The van der Waals surface area contributed by atoms with Crippen LogP contribution >= 0.6 is 0 Å². The molecule has 3 heterocycles. The predicted octanol–water partition coefficient (Wildman–Crippen LogP) is 1.91. The van der Waals surface area contributed by atoms with E-state index in [9.17, 15) is 0 Å². The zero-order valence-electron chi connectivity index (χ0n) is 14.0. The number of hydrogen-bond donors (Lipinski definition) is 0. The molecule has 0 radical (unpaired) electrons. The smallest absolute Gasteiger partial charge is 0.243 e. The summed E-state index contributed by atoms with van der Waals surface area (Å²) in [7, 11) is 0. The Morgan fingerprint density at radius 1 is 1.18 bits per heavy atom. The van der Waals surface area contributed by atoms with E-state index >= 15 is 0 Å². The molecular formula is C16H28N4O2. The van der Waals surface area contributed by atoms with Crippen LogP contribution in [0.2, 0.25) is 0 Å². The fraction of sp³-hybridized carbons (Fsp3) is 0.875. The predicted molar refractivity (Wildman–Crippen MR) is 83.7 cm³/mol. The van der Waals surface area contributed by atoms with Gasteiger partial charge in [-0.05, 0) is 19.3 Å². The molecule has 3 rings (SSSR count). The van der Waals surface area contributed by atoms with Crippen LogP contribution in [0.15, 0.2) is 4.52 Å². The number of hydrogen-bond acceptors (Lipinski definition) is 6. The van der Waals surface area contributed by atoms with Gasteiger partial charge in [0.15, 0.2) is 5.82 Å². The van der Waals surface area contributed by atoms with Crippen molar-refractivity contribution < 1.29 is 9.26 Å². The van der Waals surface area contributed by atoms with Gasteiger partial charge in [-0.2, -0.15) is 4.98 Å². The Morgan fingerprint density at radius 2 is 1.95 bits per heavy atom. The summed E-state index contributed by atoms with van der Waals surface area (Å²) in [6.07, 6.45) is 1.22. The van der Waals surface area contributed by atoms with E-state index in [1.807, 2.05) is 0 Å². The Bertz CT molecular complexity index is 462. The van der Waals surface area contributed by atoms with Crippen molar-refractivity contribution in [1.29, 1.82) is 0 Å². The van der Waals surface area contributed by atoms with Crippen LogP contribution in [-0.2, 0) is 4.74 Å². The fourth-order valence-electron chi connectivity index (χ4n) is 3.23. The highest BCUT2D eigenvalue weighted by atomic mass is 16.5. The molecule has 0 aliphatic carbocycles. The van der Waals surface area contributed by atoms with E-state index in [4.69, 9.17) is 9.26 Å². The van der Waals surface area contributed by atoms with Gasteiger partial charge in [-0.15, -0.1) is 0 Å². The van der Waals surface area contributed by atoms with Gasteiger partial charge in [-0.25, -0.2) is 0 Å². The van der Waals surface area contributed by atoms with Gasteiger partial charge in [0, 0.05) is 45.2 Å². The van der Waals surface area contributed by atoms with Crippen LogP contribution in [0.3, 0.4) is 0 Å². The zero-order chi connectivity index (χ0) is 15.5. The third kappa shape index (κ3) is 3.67. The molecule has 0 bridgehead atoms. The van der Waals surface area contributed by atoms with Crippen LogP contribution in [0, 0.1) is 5.92 Å². The minimum absolute atomic E-state index is 0.206. The normalized spacial score (nSPS) is 25.9. The maximum atomic E-state index is 5.47. The van der Waals surface area contributed by atoms with Crippen molar-refractivity contribution in [3.8, 4) is 0 Å². The largest absolute Gasteiger partial charge is 0.381 e. The van der Waals surface area contributed by atoms with Gasteiger partial charge in [-0.1, -0.05) is 19.0 Å². The lowest BCUT2D eigenvalue weighted by atomic mass is 10.1. The van der Waals surface area contributed by atoms with Crippen LogP contribution in [0.5, 0.6) is 0 Å². The molecule has 2 atom stereocenters. The van der Waals surface area contributed by atoms with E-state index < -0.39 is 0 Å². The average Bonchev–Trinajstić information content (AvgIpc) is 3.18. The first kappa shape index (κ1) is 15.9. The summed E-state index contributed by atoms with van der Waals surface area (Å²) in [5.74, 6) is 2.60. The van der Waals surface area contributed by atoms with Crippen LogP contribution in [0.25, 0.3) is 0 Å². The highest BCUT2D eigenvalue weighted by molar-refractivity contribution is 4.96. The molecule has 0 saturated carbocycles. The van der Waals surface area contributed by atoms with Crippen LogP contribution in [0.1, 0.15) is 50.9 Å². The lowest BCUT2D eigenvalue weighted by Crippen LogP contribution is -2.48. The fourth-order valence-corrected chi connectivity index (χ4v) is 3.23. The van der Waals surface area contributed by atoms with Crippen molar-refractivity contribution in [2.75, 3.05) is 45.9 Å². The van der Waals surface area contributed by atoms with Crippen molar-refractivity contribution in [1.82, 2.24) is 19.9 Å². The molecule has 1 aromatic heterocycles. The molecule has 0 amide bonds. The summed E-state index contributed by atoms with van der Waals surface area (Å²) >= 11 is 0. The maximum Gasteiger partial charge on any atom is 0.243 e. The van der Waals surface area contributed by atoms with Gasteiger partial charge in [-0.3, -0.25) is 4.90 Å². The third-order valence-electron chi connectivity index (χ3n) is 4.83. The Balaban J connectivity index is 1.49. The minimum atomic E-state index is 0.206. The first-order chi connectivity index (χ1) is 10.6. The quantitative estimate of drug-likeness (QED) is 0.828. The van der Waals surface area contributed by atoms with Crippen molar-refractivity contribution in [2.45, 2.75) is 39.2 Å². The summed E-state index contributed by atoms with van der Waals surface area (Å²) in [6, 6.07) is 0.206. The molecule has 2 fully saturated rings. The van der Waals surface area contributed by atoms with E-state index in [0.29, 0.717) is 5.92 Å². The molecule has 0 aromatic carbocycles. The highest BCUT2D eigenvalue weighted by Crippen LogP contribution is 2.22. The van der Waals surface area contributed by atoms with Crippen LogP contribution in [0.4, 0.5) is 0 Å². The second-order valence-electron chi connectivity index (χ2n) is 6.89. The van der Waals surface area contributed by atoms with Crippen molar-refractivity contribution in [2.24, 2.45) is 5.92 Å². The van der Waals surface area contributed by atoms with Gasteiger partial charge in [0.1, 0.15) is 0 Å². The first-order valence-corrected chi connectivity index (χ1v) is 8.51. The number of rotatable bonds is 5. The molecule has 0 spiro atoms. The molecule has 1 aromatic rings. The van der Waals surface area contributed by atoms with Crippen molar-refractivity contribution in [3.63, 3.8) is 0 Å². The molecule has 2 aliphatic rings. The number of piperazine rings is 1. The van der Waals surface area contributed by atoms with E-state index in [-0.39, 0.29) is 6.04 Å². The topological polar surface area (TPSA) is 54.6 Å². The Labute approximate surface area is 132 Å². The number of aromatic nitrogens is 2. The summed E-state index contributed by atoms with van der Waals surface area (Å²) in [4.78, 5) is 9.55. The highest BCUT2D eigenvalue weighted by Gasteiger charge is 2.27. The summed E-state index contributed by atoms with van der Waals surface area (Å²) in [6.45, 7) is 13.8. The zero-order valence-corrected chi connectivity index (χ0v) is 14.0. The lowest BCUT2D eigenvalue weighted by molar-refractivity contribution is 0.0767. The molecule has 2 unspecified atom stereocenters. The molecule has 6 nitrogen and oxygen atoms in total. The van der Waals surface area contributed by atoms with E-state index in [1.165, 1.54) is 13.0 Å². The van der Waals surface area contributed by atoms with Crippen molar-refractivity contribution >= 4 is 0 Å². The molecule has 124 valence electrons. The van der Waals surface area contributed by atoms with Gasteiger partial charge in [0.25, 0.3) is 0 Å². The maximum absolute atomic E-state index is 5.47. The minimum Gasteiger partial charge on any atom is -0.381 e. The van der Waals surface area contributed by atoms with Crippen LogP contribution in [-0.4, -0.2) is 65.9 Å². The molecule has 2 aliphatic heterocycles. The third-order valence-corrected chi connectivity index (χ3v) is 4.83. The van der Waals surface area contributed by atoms with E-state index in [0.717, 1.165) is 57.0 Å². The monoisotopic (exact) mass is 308 g/mol. The summed E-state index contributed by atoms with van der Waals surface area (Å²) in [5.41, 5.74) is 0. The van der Waals surface area contributed by atoms with Crippen LogP contribution < -0.4 is 0 Å². The average molecular weight is 308 g/mol. The molecule has 22 heavy (non-hydrogen) atoms. The second-order valence-corrected chi connectivity index (χ2v) is 6.89. The number of nitrogens with zero attached hydrogens (tertiary/aromatic N) is 4. The Kier molecular flexibility index (Phi) is 5.10. The SMILES string of the molecule is CC(C)c1noc(C(C)N2CCN(CC3CCOC3)CC2)n1. The van der Waals surface area contributed by atoms with Crippen molar-refractivity contribution in [3.05, 3.63) is 11.7 Å². The summed E-state index contributed by atoms with van der Waals surface area (Å²) < 4.78 is 10.9. The number of ether oxygens (including phenoxy) is 1. The van der Waals surface area contributed by atoms with E-state index in [1.54, 1.807) is 0 Å². The van der Waals surface area contributed by atoms with E-state index in [2.05, 4.69) is 40.7 Å². The van der Waals surface area contributed by atoms with Gasteiger partial charge in [0.05, 0.1) is 12.6 Å². The second kappa shape index (κ2) is 7.06. The summed E-state index contributed by atoms with van der Waals surface area (Å²) in [5, 5.41) is 4.08.